The molecule has 3 heteroatoms. The molecule has 0 bridgehead atoms. The van der Waals surface area contributed by atoms with Gasteiger partial charge in [0.2, 0.25) is 0 Å². The first-order chi connectivity index (χ1) is 9.13. The Morgan fingerprint density at radius 2 is 1.89 bits per heavy atom. The van der Waals surface area contributed by atoms with Gasteiger partial charge in [-0.05, 0) is 50.9 Å². The zero-order valence-electron chi connectivity index (χ0n) is 12.1. The van der Waals surface area contributed by atoms with E-state index in [2.05, 4.69) is 36.9 Å². The molecular formula is C16H23NO2. The van der Waals surface area contributed by atoms with Crippen molar-refractivity contribution in [3.05, 3.63) is 34.9 Å². The SMILES string of the molecule is COC(=O)C(c1ccc(C)cc1C)N1CCCCC1. The number of ether oxygens (including phenoxy) is 1. The fourth-order valence-electron chi connectivity index (χ4n) is 2.89. The number of methoxy groups -OCH3 is 1. The molecule has 2 rings (SSSR count). The van der Waals surface area contributed by atoms with E-state index in [0.717, 1.165) is 18.7 Å². The first-order valence-electron chi connectivity index (χ1n) is 7.02. The lowest BCUT2D eigenvalue weighted by Gasteiger charge is -2.33. The highest BCUT2D eigenvalue weighted by molar-refractivity contribution is 5.78. The topological polar surface area (TPSA) is 29.5 Å². The lowest BCUT2D eigenvalue weighted by Crippen LogP contribution is -2.38. The van der Waals surface area contributed by atoms with Gasteiger partial charge in [0, 0.05) is 0 Å². The second kappa shape index (κ2) is 6.20. The van der Waals surface area contributed by atoms with Gasteiger partial charge in [-0.15, -0.1) is 0 Å². The minimum absolute atomic E-state index is 0.145. The number of hydrogen-bond donors (Lipinski definition) is 0. The van der Waals surface area contributed by atoms with Crippen molar-refractivity contribution >= 4 is 5.97 Å². The Hall–Kier alpha value is -1.35. The summed E-state index contributed by atoms with van der Waals surface area (Å²) in [5.74, 6) is -0.145. The van der Waals surface area contributed by atoms with Gasteiger partial charge in [-0.25, -0.2) is 4.79 Å². The number of likely N-dealkylation sites (tertiary alicyclic amines) is 1. The van der Waals surface area contributed by atoms with Crippen molar-refractivity contribution in [3.63, 3.8) is 0 Å². The number of hydrogen-bond acceptors (Lipinski definition) is 3. The lowest BCUT2D eigenvalue weighted by molar-refractivity contribution is -0.147. The van der Waals surface area contributed by atoms with Crippen LogP contribution in [0.25, 0.3) is 0 Å². The molecule has 1 saturated heterocycles. The number of piperidine rings is 1. The van der Waals surface area contributed by atoms with Gasteiger partial charge in [-0.1, -0.05) is 30.2 Å². The van der Waals surface area contributed by atoms with Crippen LogP contribution < -0.4 is 0 Å². The van der Waals surface area contributed by atoms with E-state index in [1.165, 1.54) is 37.5 Å². The van der Waals surface area contributed by atoms with Crippen molar-refractivity contribution in [2.75, 3.05) is 20.2 Å². The second-order valence-corrected chi connectivity index (χ2v) is 5.38. The van der Waals surface area contributed by atoms with Crippen LogP contribution in [0.2, 0.25) is 0 Å². The van der Waals surface area contributed by atoms with Gasteiger partial charge in [-0.3, -0.25) is 4.90 Å². The molecule has 19 heavy (non-hydrogen) atoms. The zero-order chi connectivity index (χ0) is 13.8. The second-order valence-electron chi connectivity index (χ2n) is 5.38. The Morgan fingerprint density at radius 3 is 2.47 bits per heavy atom. The molecule has 1 fully saturated rings. The van der Waals surface area contributed by atoms with Gasteiger partial charge in [-0.2, -0.15) is 0 Å². The lowest BCUT2D eigenvalue weighted by atomic mass is 9.96. The number of nitrogens with zero attached hydrogens (tertiary/aromatic N) is 1. The Kier molecular flexibility index (Phi) is 4.59. The van der Waals surface area contributed by atoms with Crippen LogP contribution in [-0.2, 0) is 9.53 Å². The summed E-state index contributed by atoms with van der Waals surface area (Å²) < 4.78 is 5.02. The predicted octanol–water partition coefficient (Wildman–Crippen LogP) is 3.00. The van der Waals surface area contributed by atoms with E-state index in [1.54, 1.807) is 0 Å². The summed E-state index contributed by atoms with van der Waals surface area (Å²) in [6, 6.07) is 6.03. The van der Waals surface area contributed by atoms with E-state index in [4.69, 9.17) is 4.74 Å². The maximum atomic E-state index is 12.2. The molecule has 3 nitrogen and oxygen atoms in total. The van der Waals surface area contributed by atoms with E-state index < -0.39 is 0 Å². The van der Waals surface area contributed by atoms with Gasteiger partial charge in [0.25, 0.3) is 0 Å². The van der Waals surface area contributed by atoms with Crippen molar-refractivity contribution in [2.24, 2.45) is 0 Å². The first kappa shape index (κ1) is 14.1. The summed E-state index contributed by atoms with van der Waals surface area (Å²) in [7, 11) is 1.48. The van der Waals surface area contributed by atoms with Crippen molar-refractivity contribution in [1.29, 1.82) is 0 Å². The van der Waals surface area contributed by atoms with Crippen LogP contribution in [0.3, 0.4) is 0 Å². The number of benzene rings is 1. The summed E-state index contributed by atoms with van der Waals surface area (Å²) in [4.78, 5) is 14.4. The molecule has 1 aromatic carbocycles. The van der Waals surface area contributed by atoms with Crippen LogP contribution >= 0.6 is 0 Å². The molecule has 104 valence electrons. The molecule has 1 atom stereocenters. The number of aryl methyl sites for hydroxylation is 2. The fourth-order valence-corrected chi connectivity index (χ4v) is 2.89. The number of carbonyl (C=O) groups is 1. The molecule has 0 amide bonds. The molecule has 0 radical (unpaired) electrons. The van der Waals surface area contributed by atoms with Gasteiger partial charge in [0.15, 0.2) is 0 Å². The average molecular weight is 261 g/mol. The van der Waals surface area contributed by atoms with E-state index in [0.29, 0.717) is 0 Å². The average Bonchev–Trinajstić information content (AvgIpc) is 2.42. The van der Waals surface area contributed by atoms with Crippen LogP contribution in [-0.4, -0.2) is 31.1 Å². The van der Waals surface area contributed by atoms with Crippen LogP contribution in [0.5, 0.6) is 0 Å². The molecule has 1 aliphatic rings. The van der Waals surface area contributed by atoms with Crippen LogP contribution in [0.15, 0.2) is 18.2 Å². The summed E-state index contributed by atoms with van der Waals surface area (Å²) >= 11 is 0. The molecule has 0 aromatic heterocycles. The normalized spacial score (nSPS) is 18.1. The maximum Gasteiger partial charge on any atom is 0.327 e. The number of rotatable bonds is 3. The van der Waals surface area contributed by atoms with Crippen LogP contribution in [0.1, 0.15) is 42.0 Å². The predicted molar refractivity (Wildman–Crippen MR) is 76.1 cm³/mol. The number of carbonyl (C=O) groups excluding carboxylic acids is 1. The van der Waals surface area contributed by atoms with E-state index in [-0.39, 0.29) is 12.0 Å². The van der Waals surface area contributed by atoms with Gasteiger partial charge >= 0.3 is 5.97 Å². The highest BCUT2D eigenvalue weighted by atomic mass is 16.5. The first-order valence-corrected chi connectivity index (χ1v) is 7.02. The van der Waals surface area contributed by atoms with E-state index in [9.17, 15) is 4.79 Å². The van der Waals surface area contributed by atoms with Gasteiger partial charge in [0.1, 0.15) is 6.04 Å². The standard InChI is InChI=1S/C16H23NO2/c1-12-7-8-14(13(2)11-12)15(16(18)19-3)17-9-5-4-6-10-17/h7-8,11,15H,4-6,9-10H2,1-3H3. The Labute approximate surface area is 115 Å². The molecule has 0 aliphatic carbocycles. The van der Waals surface area contributed by atoms with Crippen molar-refractivity contribution in [1.82, 2.24) is 4.90 Å². The van der Waals surface area contributed by atoms with Crippen molar-refractivity contribution in [3.8, 4) is 0 Å². The van der Waals surface area contributed by atoms with Crippen LogP contribution in [0.4, 0.5) is 0 Å². The number of esters is 1. The van der Waals surface area contributed by atoms with E-state index in [1.807, 2.05) is 0 Å². The van der Waals surface area contributed by atoms with Crippen molar-refractivity contribution < 1.29 is 9.53 Å². The minimum Gasteiger partial charge on any atom is -0.468 e. The molecule has 0 N–H and O–H groups in total. The van der Waals surface area contributed by atoms with E-state index >= 15 is 0 Å². The Balaban J connectivity index is 2.33. The summed E-state index contributed by atoms with van der Waals surface area (Å²) in [5, 5.41) is 0. The largest absolute Gasteiger partial charge is 0.468 e. The highest BCUT2D eigenvalue weighted by Crippen LogP contribution is 2.28. The molecule has 0 spiro atoms. The summed E-state index contributed by atoms with van der Waals surface area (Å²) in [5.41, 5.74) is 3.48. The minimum atomic E-state index is -0.245. The van der Waals surface area contributed by atoms with Crippen molar-refractivity contribution in [2.45, 2.75) is 39.2 Å². The third-order valence-corrected chi connectivity index (χ3v) is 3.90. The third kappa shape index (κ3) is 3.16. The fraction of sp³-hybridized carbons (Fsp3) is 0.562. The summed E-state index contributed by atoms with van der Waals surface area (Å²) in [6.07, 6.45) is 3.59. The highest BCUT2D eigenvalue weighted by Gasteiger charge is 2.30. The molecular weight excluding hydrogens is 238 g/mol. The maximum absolute atomic E-state index is 12.2. The smallest absolute Gasteiger partial charge is 0.327 e. The molecule has 1 aliphatic heterocycles. The third-order valence-electron chi connectivity index (χ3n) is 3.90. The summed E-state index contributed by atoms with van der Waals surface area (Å²) in [6.45, 7) is 6.10. The quantitative estimate of drug-likeness (QED) is 0.783. The Bertz CT molecular complexity index is 450. The Morgan fingerprint density at radius 1 is 1.21 bits per heavy atom. The van der Waals surface area contributed by atoms with Gasteiger partial charge < -0.3 is 4.74 Å². The van der Waals surface area contributed by atoms with Gasteiger partial charge in [0.05, 0.1) is 7.11 Å². The van der Waals surface area contributed by atoms with Crippen LogP contribution in [0, 0.1) is 13.8 Å². The monoisotopic (exact) mass is 261 g/mol. The molecule has 0 saturated carbocycles. The zero-order valence-corrected chi connectivity index (χ0v) is 12.1. The molecule has 1 heterocycles. The molecule has 1 aromatic rings. The molecule has 1 unspecified atom stereocenters.